The molecule has 2 aromatic rings. The molecule has 8 heteroatoms. The number of hydrogen-bond acceptors (Lipinski definition) is 6. The Morgan fingerprint density at radius 2 is 1.96 bits per heavy atom. The molecule has 1 aromatic heterocycles. The summed E-state index contributed by atoms with van der Waals surface area (Å²) >= 11 is 0. The van der Waals surface area contributed by atoms with Crippen molar-refractivity contribution in [3.8, 4) is 11.3 Å². The third-order valence-corrected chi connectivity index (χ3v) is 5.16. The number of carbonyl (C=O) groups excluding carboxylic acids is 1. The van der Waals surface area contributed by atoms with Crippen molar-refractivity contribution < 1.29 is 17.9 Å². The van der Waals surface area contributed by atoms with Crippen LogP contribution in [0.25, 0.3) is 11.3 Å². The van der Waals surface area contributed by atoms with Gasteiger partial charge in [0.1, 0.15) is 5.69 Å². The average molecular weight is 351 g/mol. The Balaban J connectivity index is 2.16. The van der Waals surface area contributed by atoms with Gasteiger partial charge in [0.25, 0.3) is 0 Å². The lowest BCUT2D eigenvalue weighted by Crippen LogP contribution is -2.32. The normalized spacial score (nSPS) is 12.8. The molecule has 130 valence electrons. The van der Waals surface area contributed by atoms with Crippen molar-refractivity contribution in [1.82, 2.24) is 15.0 Å². The molecule has 24 heavy (non-hydrogen) atoms. The van der Waals surface area contributed by atoms with Gasteiger partial charge in [-0.25, -0.2) is 13.1 Å². The van der Waals surface area contributed by atoms with Crippen molar-refractivity contribution in [3.63, 3.8) is 0 Å². The van der Waals surface area contributed by atoms with Crippen LogP contribution in [0.3, 0.4) is 0 Å². The summed E-state index contributed by atoms with van der Waals surface area (Å²) in [4.78, 5) is 11.9. The summed E-state index contributed by atoms with van der Waals surface area (Å²) in [6, 6.07) is 9.60. The fourth-order valence-electron chi connectivity index (χ4n) is 2.42. The van der Waals surface area contributed by atoms with Crippen molar-refractivity contribution in [2.75, 3.05) is 12.9 Å². The van der Waals surface area contributed by atoms with Crippen molar-refractivity contribution in [1.29, 1.82) is 0 Å². The van der Waals surface area contributed by atoms with E-state index in [9.17, 15) is 13.2 Å². The van der Waals surface area contributed by atoms with Gasteiger partial charge in [-0.2, -0.15) is 0 Å². The maximum absolute atomic E-state index is 11.9. The molecule has 0 fully saturated rings. The second-order valence-corrected chi connectivity index (χ2v) is 7.70. The molecule has 2 rings (SSSR count). The van der Waals surface area contributed by atoms with Crippen LogP contribution in [0.2, 0.25) is 0 Å². The molecule has 0 aliphatic rings. The van der Waals surface area contributed by atoms with Crippen molar-refractivity contribution in [3.05, 3.63) is 36.0 Å². The molecule has 1 atom stereocenters. The number of aryl methyl sites for hydroxylation is 1. The number of benzene rings is 1. The molecule has 1 unspecified atom stereocenters. The highest BCUT2D eigenvalue weighted by molar-refractivity contribution is 7.92. The molecular weight excluding hydrogens is 330 g/mol. The minimum absolute atomic E-state index is 0.0933. The number of carbonyl (C=O) groups is 1. The summed E-state index contributed by atoms with van der Waals surface area (Å²) in [5.41, 5.74) is 2.49. The van der Waals surface area contributed by atoms with Crippen molar-refractivity contribution >= 4 is 15.8 Å². The summed E-state index contributed by atoms with van der Waals surface area (Å²) in [7, 11) is -3.55. The quantitative estimate of drug-likeness (QED) is 0.704. The molecule has 1 aromatic carbocycles. The van der Waals surface area contributed by atoms with Crippen LogP contribution in [0.15, 0.2) is 30.3 Å². The highest BCUT2D eigenvalue weighted by Gasteiger charge is 2.30. The third-order valence-electron chi connectivity index (χ3n) is 3.70. The molecule has 0 radical (unpaired) electrons. The summed E-state index contributed by atoms with van der Waals surface area (Å²) in [5, 5.41) is 7.03. The first kappa shape index (κ1) is 18.1. The van der Waals surface area contributed by atoms with E-state index in [0.717, 1.165) is 23.2 Å². The van der Waals surface area contributed by atoms with Gasteiger partial charge in [0.15, 0.2) is 15.1 Å². The van der Waals surface area contributed by atoms with Gasteiger partial charge in [-0.3, -0.25) is 4.79 Å². The largest absolute Gasteiger partial charge is 0.465 e. The maximum atomic E-state index is 11.9. The predicted molar refractivity (Wildman–Crippen MR) is 90.1 cm³/mol. The second-order valence-electron chi connectivity index (χ2n) is 5.47. The van der Waals surface area contributed by atoms with Gasteiger partial charge in [-0.05, 0) is 20.3 Å². The number of aromatic nitrogens is 3. The molecule has 1 heterocycles. The summed E-state index contributed by atoms with van der Waals surface area (Å²) < 4.78 is 30.1. The monoisotopic (exact) mass is 351 g/mol. The molecule has 0 aliphatic heterocycles. The number of sulfone groups is 1. The van der Waals surface area contributed by atoms with Gasteiger partial charge in [-0.1, -0.05) is 35.5 Å². The maximum Gasteiger partial charge on any atom is 0.324 e. The van der Waals surface area contributed by atoms with Crippen LogP contribution in [-0.2, 0) is 25.9 Å². The SMILES string of the molecule is CCOC(=O)C(CCn1nnc(-c2ccccc2)c1C)S(C)(=O)=O. The molecule has 0 saturated heterocycles. The van der Waals surface area contributed by atoms with Crippen LogP contribution >= 0.6 is 0 Å². The van der Waals surface area contributed by atoms with E-state index in [4.69, 9.17) is 4.74 Å². The molecule has 0 bridgehead atoms. The zero-order valence-electron chi connectivity index (χ0n) is 14.0. The fraction of sp³-hybridized carbons (Fsp3) is 0.438. The van der Waals surface area contributed by atoms with Gasteiger partial charge in [0.2, 0.25) is 0 Å². The lowest BCUT2D eigenvalue weighted by Gasteiger charge is -2.14. The fourth-order valence-corrected chi connectivity index (χ4v) is 3.37. The van der Waals surface area contributed by atoms with Crippen molar-refractivity contribution in [2.45, 2.75) is 32.1 Å². The Kier molecular flexibility index (Phi) is 5.71. The first-order chi connectivity index (χ1) is 11.3. The highest BCUT2D eigenvalue weighted by atomic mass is 32.2. The highest BCUT2D eigenvalue weighted by Crippen LogP contribution is 2.20. The third kappa shape index (κ3) is 4.19. The minimum Gasteiger partial charge on any atom is -0.465 e. The zero-order chi connectivity index (χ0) is 17.7. The first-order valence-electron chi connectivity index (χ1n) is 7.65. The Labute approximate surface area is 141 Å². The second kappa shape index (κ2) is 7.57. The molecule has 0 amide bonds. The summed E-state index contributed by atoms with van der Waals surface area (Å²) in [6.45, 7) is 3.92. The van der Waals surface area contributed by atoms with Crippen LogP contribution in [0, 0.1) is 6.92 Å². The van der Waals surface area contributed by atoms with E-state index >= 15 is 0 Å². The van der Waals surface area contributed by atoms with Crippen LogP contribution in [0.4, 0.5) is 0 Å². The Hall–Kier alpha value is -2.22. The Bertz CT molecular complexity index is 800. The minimum atomic E-state index is -3.55. The van der Waals surface area contributed by atoms with Gasteiger partial charge in [0.05, 0.1) is 12.3 Å². The molecule has 0 saturated carbocycles. The van der Waals surface area contributed by atoms with E-state index in [1.165, 1.54) is 0 Å². The number of esters is 1. The van der Waals surface area contributed by atoms with E-state index in [0.29, 0.717) is 0 Å². The lowest BCUT2D eigenvalue weighted by molar-refractivity contribution is -0.142. The topological polar surface area (TPSA) is 91.2 Å². The molecule has 0 aliphatic carbocycles. The van der Waals surface area contributed by atoms with Gasteiger partial charge >= 0.3 is 5.97 Å². The number of rotatable bonds is 7. The van der Waals surface area contributed by atoms with Crippen LogP contribution in [0.1, 0.15) is 19.0 Å². The van der Waals surface area contributed by atoms with E-state index in [1.54, 1.807) is 11.6 Å². The summed E-state index contributed by atoms with van der Waals surface area (Å²) in [6.07, 6.45) is 1.13. The predicted octanol–water partition coefficient (Wildman–Crippen LogP) is 1.62. The van der Waals surface area contributed by atoms with Crippen LogP contribution < -0.4 is 0 Å². The lowest BCUT2D eigenvalue weighted by atomic mass is 10.1. The Morgan fingerprint density at radius 3 is 2.54 bits per heavy atom. The van der Waals surface area contributed by atoms with Gasteiger partial charge in [0, 0.05) is 18.4 Å². The molecule has 7 nitrogen and oxygen atoms in total. The smallest absolute Gasteiger partial charge is 0.324 e. The van der Waals surface area contributed by atoms with E-state index < -0.39 is 21.1 Å². The number of ether oxygens (including phenoxy) is 1. The standard InChI is InChI=1S/C16H21N3O4S/c1-4-23-16(20)14(24(3,21)22)10-11-19-12(2)15(17-18-19)13-8-6-5-7-9-13/h5-9,14H,4,10-11H2,1-3H3. The van der Waals surface area contributed by atoms with Crippen LogP contribution in [-0.4, -0.2) is 47.5 Å². The van der Waals surface area contributed by atoms with Gasteiger partial charge < -0.3 is 4.74 Å². The Morgan fingerprint density at radius 1 is 1.29 bits per heavy atom. The van der Waals surface area contributed by atoms with Crippen molar-refractivity contribution in [2.24, 2.45) is 0 Å². The van der Waals surface area contributed by atoms with Gasteiger partial charge in [-0.15, -0.1) is 5.10 Å². The average Bonchev–Trinajstić information content (AvgIpc) is 2.88. The molecule has 0 spiro atoms. The number of nitrogens with zero attached hydrogens (tertiary/aromatic N) is 3. The zero-order valence-corrected chi connectivity index (χ0v) is 14.8. The first-order valence-corrected chi connectivity index (χ1v) is 9.61. The molecular formula is C16H21N3O4S. The van der Waals surface area contributed by atoms with E-state index in [2.05, 4.69) is 10.3 Å². The van der Waals surface area contributed by atoms with E-state index in [1.807, 2.05) is 37.3 Å². The number of hydrogen-bond donors (Lipinski definition) is 0. The van der Waals surface area contributed by atoms with E-state index in [-0.39, 0.29) is 19.6 Å². The summed E-state index contributed by atoms with van der Waals surface area (Å²) in [5.74, 6) is -0.721. The van der Waals surface area contributed by atoms with Crippen LogP contribution in [0.5, 0.6) is 0 Å². The molecule has 0 N–H and O–H groups in total.